The van der Waals surface area contributed by atoms with E-state index < -0.39 is 16.0 Å². The number of anilines is 1. The molecule has 0 radical (unpaired) electrons. The minimum atomic E-state index is -3.75. The van der Waals surface area contributed by atoms with Gasteiger partial charge in [-0.3, -0.25) is 4.72 Å². The number of hydrogen-bond donors (Lipinski definition) is 1. The lowest BCUT2D eigenvalue weighted by Crippen LogP contribution is -2.14. The van der Waals surface area contributed by atoms with Crippen LogP contribution in [0.2, 0.25) is 0 Å². The predicted molar refractivity (Wildman–Crippen MR) is 95.7 cm³/mol. The zero-order chi connectivity index (χ0) is 18.6. The largest absolute Gasteiger partial charge is 0.496 e. The number of hydrogen-bond acceptors (Lipinski definition) is 5. The van der Waals surface area contributed by atoms with Gasteiger partial charge >= 0.3 is 5.97 Å². The summed E-state index contributed by atoms with van der Waals surface area (Å²) < 4.78 is 37.6. The van der Waals surface area contributed by atoms with Crippen molar-refractivity contribution in [3.63, 3.8) is 0 Å². The zero-order valence-corrected chi connectivity index (χ0v) is 15.4. The van der Waals surface area contributed by atoms with Crippen molar-refractivity contribution in [2.24, 2.45) is 0 Å². The quantitative estimate of drug-likeness (QED) is 0.796. The van der Waals surface area contributed by atoms with Gasteiger partial charge < -0.3 is 9.47 Å². The summed E-state index contributed by atoms with van der Waals surface area (Å²) in [5, 5.41) is 0. The summed E-state index contributed by atoms with van der Waals surface area (Å²) >= 11 is 0. The molecule has 6 nitrogen and oxygen atoms in total. The second-order valence-corrected chi connectivity index (χ2v) is 7.42. The van der Waals surface area contributed by atoms with E-state index in [1.165, 1.54) is 37.4 Å². The monoisotopic (exact) mass is 363 g/mol. The molecule has 1 N–H and O–H groups in total. The van der Waals surface area contributed by atoms with Crippen LogP contribution in [0.4, 0.5) is 5.69 Å². The Morgan fingerprint density at radius 3 is 2.20 bits per heavy atom. The van der Waals surface area contributed by atoms with Gasteiger partial charge in [0.05, 0.1) is 24.7 Å². The normalized spacial score (nSPS) is 11.2. The number of sulfonamides is 1. The average Bonchev–Trinajstić information content (AvgIpc) is 2.60. The van der Waals surface area contributed by atoms with Gasteiger partial charge in [-0.15, -0.1) is 0 Å². The first-order valence-electron chi connectivity index (χ1n) is 7.67. The molecular formula is C18H21NO5S. The molecule has 0 atom stereocenters. The van der Waals surface area contributed by atoms with E-state index in [1.54, 1.807) is 19.2 Å². The Bertz CT molecular complexity index is 858. The minimum absolute atomic E-state index is 0.115. The minimum Gasteiger partial charge on any atom is -0.496 e. The molecule has 0 saturated heterocycles. The van der Waals surface area contributed by atoms with Crippen molar-refractivity contribution in [1.29, 1.82) is 0 Å². The van der Waals surface area contributed by atoms with Crippen LogP contribution in [-0.2, 0) is 14.8 Å². The molecule has 0 bridgehead atoms. The van der Waals surface area contributed by atoms with Gasteiger partial charge in [-0.2, -0.15) is 0 Å². The number of carbonyl (C=O) groups is 1. The molecule has 2 aromatic rings. The van der Waals surface area contributed by atoms with Crippen molar-refractivity contribution in [3.8, 4) is 5.75 Å². The maximum Gasteiger partial charge on any atom is 0.337 e. The van der Waals surface area contributed by atoms with E-state index in [-0.39, 0.29) is 10.8 Å². The molecule has 0 aliphatic heterocycles. The Morgan fingerprint density at radius 2 is 1.68 bits per heavy atom. The smallest absolute Gasteiger partial charge is 0.337 e. The van der Waals surface area contributed by atoms with E-state index in [4.69, 9.17) is 4.74 Å². The predicted octanol–water partition coefficient (Wildman–Crippen LogP) is 3.41. The number of rotatable bonds is 6. The SMILES string of the molecule is COC(=O)c1ccc(NS(=O)(=O)c2ccc(OC)c(C(C)C)c2)cc1. The lowest BCUT2D eigenvalue weighted by Gasteiger charge is -2.14. The molecule has 134 valence electrons. The molecule has 0 spiro atoms. The van der Waals surface area contributed by atoms with Crippen LogP contribution < -0.4 is 9.46 Å². The van der Waals surface area contributed by atoms with Gasteiger partial charge in [-0.1, -0.05) is 13.8 Å². The molecule has 0 aliphatic carbocycles. The zero-order valence-electron chi connectivity index (χ0n) is 14.6. The Kier molecular flexibility index (Phi) is 5.69. The van der Waals surface area contributed by atoms with E-state index in [0.29, 0.717) is 17.0 Å². The first-order valence-corrected chi connectivity index (χ1v) is 9.16. The number of ether oxygens (including phenoxy) is 2. The molecule has 2 aromatic carbocycles. The molecule has 0 amide bonds. The topological polar surface area (TPSA) is 81.7 Å². The Morgan fingerprint density at radius 1 is 1.04 bits per heavy atom. The summed E-state index contributed by atoms with van der Waals surface area (Å²) in [4.78, 5) is 11.6. The second kappa shape index (κ2) is 7.57. The fraction of sp³-hybridized carbons (Fsp3) is 0.278. The highest BCUT2D eigenvalue weighted by atomic mass is 32.2. The molecule has 0 saturated carbocycles. The van der Waals surface area contributed by atoms with Crippen molar-refractivity contribution in [2.75, 3.05) is 18.9 Å². The van der Waals surface area contributed by atoms with Crippen molar-refractivity contribution < 1.29 is 22.7 Å². The van der Waals surface area contributed by atoms with Gasteiger partial charge in [-0.05, 0) is 53.9 Å². The maximum atomic E-state index is 12.6. The average molecular weight is 363 g/mol. The number of benzene rings is 2. The third kappa shape index (κ3) is 4.30. The summed E-state index contributed by atoms with van der Waals surface area (Å²) in [6.45, 7) is 3.93. The van der Waals surface area contributed by atoms with Crippen LogP contribution in [0.1, 0.15) is 35.7 Å². The first-order chi connectivity index (χ1) is 11.8. The van der Waals surface area contributed by atoms with E-state index in [0.717, 1.165) is 5.56 Å². The van der Waals surface area contributed by atoms with Gasteiger partial charge in [0.25, 0.3) is 10.0 Å². The summed E-state index contributed by atoms with van der Waals surface area (Å²) in [5.74, 6) is 0.284. The highest BCUT2D eigenvalue weighted by Gasteiger charge is 2.18. The first kappa shape index (κ1) is 18.8. The summed E-state index contributed by atoms with van der Waals surface area (Å²) in [6, 6.07) is 10.8. The lowest BCUT2D eigenvalue weighted by atomic mass is 10.0. The fourth-order valence-electron chi connectivity index (χ4n) is 2.34. The molecule has 0 aromatic heterocycles. The van der Waals surface area contributed by atoms with Crippen molar-refractivity contribution >= 4 is 21.7 Å². The Hall–Kier alpha value is -2.54. The van der Waals surface area contributed by atoms with E-state index in [1.807, 2.05) is 13.8 Å². The fourth-order valence-corrected chi connectivity index (χ4v) is 3.43. The van der Waals surface area contributed by atoms with Crippen molar-refractivity contribution in [1.82, 2.24) is 0 Å². The van der Waals surface area contributed by atoms with Gasteiger partial charge in [-0.25, -0.2) is 13.2 Å². The highest BCUT2D eigenvalue weighted by Crippen LogP contribution is 2.29. The third-order valence-corrected chi connectivity index (χ3v) is 5.07. The summed E-state index contributed by atoms with van der Waals surface area (Å²) in [7, 11) is -0.916. The van der Waals surface area contributed by atoms with Gasteiger partial charge in [0.1, 0.15) is 5.75 Å². The maximum absolute atomic E-state index is 12.6. The van der Waals surface area contributed by atoms with Gasteiger partial charge in [0, 0.05) is 5.69 Å². The second-order valence-electron chi connectivity index (χ2n) is 5.73. The van der Waals surface area contributed by atoms with Crippen LogP contribution >= 0.6 is 0 Å². The van der Waals surface area contributed by atoms with E-state index >= 15 is 0 Å². The molecule has 2 rings (SSSR count). The Balaban J connectivity index is 2.30. The molecule has 25 heavy (non-hydrogen) atoms. The van der Waals surface area contributed by atoms with E-state index in [2.05, 4.69) is 9.46 Å². The molecule has 0 heterocycles. The molecule has 0 fully saturated rings. The number of carbonyl (C=O) groups excluding carboxylic acids is 1. The molecule has 0 aliphatic rings. The van der Waals surface area contributed by atoms with Crippen LogP contribution in [0.5, 0.6) is 5.75 Å². The van der Waals surface area contributed by atoms with E-state index in [9.17, 15) is 13.2 Å². The number of esters is 1. The standard InChI is InChI=1S/C18H21NO5S/c1-12(2)16-11-15(9-10-17(16)23-3)25(21,22)19-14-7-5-13(6-8-14)18(20)24-4/h5-12,19H,1-4H3. The molecule has 0 unspecified atom stereocenters. The van der Waals surface area contributed by atoms with Crippen LogP contribution in [0.15, 0.2) is 47.4 Å². The van der Waals surface area contributed by atoms with Crippen LogP contribution in [-0.4, -0.2) is 28.6 Å². The number of nitrogens with one attached hydrogen (secondary N) is 1. The van der Waals surface area contributed by atoms with Crippen molar-refractivity contribution in [2.45, 2.75) is 24.7 Å². The van der Waals surface area contributed by atoms with Crippen LogP contribution in [0.25, 0.3) is 0 Å². The Labute approximate surface area is 147 Å². The van der Waals surface area contributed by atoms with Crippen LogP contribution in [0, 0.1) is 0 Å². The highest BCUT2D eigenvalue weighted by molar-refractivity contribution is 7.92. The van der Waals surface area contributed by atoms with Gasteiger partial charge in [0.15, 0.2) is 0 Å². The molecular weight excluding hydrogens is 342 g/mol. The summed E-state index contributed by atoms with van der Waals surface area (Å²) in [5.41, 5.74) is 1.51. The molecule has 7 heteroatoms. The number of methoxy groups -OCH3 is 2. The third-order valence-electron chi connectivity index (χ3n) is 3.69. The van der Waals surface area contributed by atoms with Gasteiger partial charge in [0.2, 0.25) is 0 Å². The van der Waals surface area contributed by atoms with Crippen LogP contribution in [0.3, 0.4) is 0 Å². The lowest BCUT2D eigenvalue weighted by molar-refractivity contribution is 0.0601. The van der Waals surface area contributed by atoms with Crippen molar-refractivity contribution in [3.05, 3.63) is 53.6 Å². The summed E-state index contributed by atoms with van der Waals surface area (Å²) in [6.07, 6.45) is 0.